The monoisotopic (exact) mass is 411 g/mol. The van der Waals surface area contributed by atoms with Crippen molar-refractivity contribution in [1.82, 2.24) is 5.32 Å². The fourth-order valence-electron chi connectivity index (χ4n) is 2.66. The van der Waals surface area contributed by atoms with Crippen LogP contribution in [0.15, 0.2) is 47.4 Å². The predicted molar refractivity (Wildman–Crippen MR) is 114 cm³/mol. The van der Waals surface area contributed by atoms with Gasteiger partial charge in [0.2, 0.25) is 0 Å². The van der Waals surface area contributed by atoms with Crippen LogP contribution < -0.4 is 20.1 Å². The second kappa shape index (κ2) is 9.29. The maximum Gasteiger partial charge on any atom is 0.264 e. The molecule has 1 saturated heterocycles. The second-order valence-electron chi connectivity index (χ2n) is 6.24. The molecule has 2 aromatic rings. The van der Waals surface area contributed by atoms with Crippen molar-refractivity contribution in [2.45, 2.75) is 13.8 Å². The van der Waals surface area contributed by atoms with Gasteiger partial charge in [0.1, 0.15) is 0 Å². The highest BCUT2D eigenvalue weighted by Gasteiger charge is 2.22. The molecule has 0 bridgehead atoms. The Bertz CT molecular complexity index is 988. The van der Waals surface area contributed by atoms with E-state index in [1.807, 2.05) is 38.1 Å². The van der Waals surface area contributed by atoms with Gasteiger partial charge in [0, 0.05) is 5.69 Å². The zero-order chi connectivity index (χ0) is 20.8. The number of carbonyl (C=O) groups is 2. The summed E-state index contributed by atoms with van der Waals surface area (Å²) in [5, 5.41) is 12.8. The second-order valence-corrected chi connectivity index (χ2v) is 7.29. The Balaban J connectivity index is 1.68. The minimum Gasteiger partial charge on any atom is -0.490 e. The van der Waals surface area contributed by atoms with Crippen molar-refractivity contribution >= 4 is 40.5 Å². The van der Waals surface area contributed by atoms with E-state index in [4.69, 9.17) is 14.9 Å². The molecular weight excluding hydrogens is 390 g/mol. The maximum atomic E-state index is 12.2. The third-order valence-electron chi connectivity index (χ3n) is 3.89. The summed E-state index contributed by atoms with van der Waals surface area (Å²) in [6.07, 6.45) is 1.68. The number of benzene rings is 2. The predicted octanol–water partition coefficient (Wildman–Crippen LogP) is 3.55. The van der Waals surface area contributed by atoms with Crippen LogP contribution in [0.2, 0.25) is 0 Å². The number of rotatable bonds is 7. The lowest BCUT2D eigenvalue weighted by Gasteiger charge is -2.13. The van der Waals surface area contributed by atoms with E-state index in [9.17, 15) is 9.59 Å². The Hall–Kier alpha value is -3.26. The number of amidine groups is 1. The molecule has 1 aliphatic rings. The van der Waals surface area contributed by atoms with Crippen molar-refractivity contribution in [2.24, 2.45) is 0 Å². The maximum absolute atomic E-state index is 12.2. The fraction of sp³-hybridized carbons (Fsp3) is 0.190. The zero-order valence-corrected chi connectivity index (χ0v) is 16.9. The molecule has 1 aliphatic heterocycles. The molecule has 3 N–H and O–H groups in total. The van der Waals surface area contributed by atoms with Gasteiger partial charge >= 0.3 is 0 Å². The first-order chi connectivity index (χ1) is 13.9. The van der Waals surface area contributed by atoms with Gasteiger partial charge in [-0.05, 0) is 67.1 Å². The zero-order valence-electron chi connectivity index (χ0n) is 16.1. The lowest BCUT2D eigenvalue weighted by Crippen LogP contribution is -2.20. The van der Waals surface area contributed by atoms with E-state index in [2.05, 4.69) is 10.6 Å². The number of thioether (sulfide) groups is 1. The highest BCUT2D eigenvalue weighted by atomic mass is 32.2. The van der Waals surface area contributed by atoms with Crippen LogP contribution in [-0.2, 0) is 9.59 Å². The van der Waals surface area contributed by atoms with Crippen molar-refractivity contribution < 1.29 is 19.1 Å². The molecular formula is C21H21N3O4S. The SMILES string of the molecule is CCOc1cc(/C=C2\SC(=N)NC2=O)ccc1OCC(=O)Nc1cccc(C)c1. The molecule has 0 radical (unpaired) electrons. The van der Waals surface area contributed by atoms with Crippen LogP contribution >= 0.6 is 11.8 Å². The molecule has 150 valence electrons. The number of anilines is 1. The quantitative estimate of drug-likeness (QED) is 0.605. The molecule has 0 atom stereocenters. The molecule has 0 unspecified atom stereocenters. The van der Waals surface area contributed by atoms with Gasteiger partial charge in [-0.15, -0.1) is 0 Å². The number of ether oxygens (including phenoxy) is 2. The Morgan fingerprint density at radius 2 is 2.03 bits per heavy atom. The molecule has 7 nitrogen and oxygen atoms in total. The van der Waals surface area contributed by atoms with E-state index >= 15 is 0 Å². The van der Waals surface area contributed by atoms with Crippen LogP contribution in [0.4, 0.5) is 5.69 Å². The van der Waals surface area contributed by atoms with Gasteiger partial charge in [-0.3, -0.25) is 15.0 Å². The van der Waals surface area contributed by atoms with Gasteiger partial charge in [0.05, 0.1) is 11.5 Å². The van der Waals surface area contributed by atoms with Crippen molar-refractivity contribution in [3.05, 3.63) is 58.5 Å². The van der Waals surface area contributed by atoms with E-state index in [1.165, 1.54) is 0 Å². The summed E-state index contributed by atoms with van der Waals surface area (Å²) in [7, 11) is 0. The summed E-state index contributed by atoms with van der Waals surface area (Å²) in [5.41, 5.74) is 2.50. The summed E-state index contributed by atoms with van der Waals surface area (Å²) in [6.45, 7) is 4.06. The number of hydrogen-bond donors (Lipinski definition) is 3. The molecule has 29 heavy (non-hydrogen) atoms. The van der Waals surface area contributed by atoms with Crippen molar-refractivity contribution in [2.75, 3.05) is 18.5 Å². The first-order valence-electron chi connectivity index (χ1n) is 9.00. The Morgan fingerprint density at radius 1 is 1.21 bits per heavy atom. The largest absolute Gasteiger partial charge is 0.490 e. The highest BCUT2D eigenvalue weighted by Crippen LogP contribution is 2.31. The number of hydrogen-bond acceptors (Lipinski definition) is 6. The van der Waals surface area contributed by atoms with Crippen molar-refractivity contribution in [1.29, 1.82) is 5.41 Å². The minimum atomic E-state index is -0.300. The van der Waals surface area contributed by atoms with E-state index in [1.54, 1.807) is 24.3 Å². The van der Waals surface area contributed by atoms with Crippen LogP contribution in [0.25, 0.3) is 6.08 Å². The molecule has 3 rings (SSSR count). The number of aryl methyl sites for hydroxylation is 1. The number of amides is 2. The van der Waals surface area contributed by atoms with E-state index in [-0.39, 0.29) is 23.6 Å². The first kappa shape index (κ1) is 20.5. The molecule has 2 aromatic carbocycles. The van der Waals surface area contributed by atoms with Gasteiger partial charge in [-0.2, -0.15) is 0 Å². The molecule has 8 heteroatoms. The molecule has 0 aliphatic carbocycles. The van der Waals surface area contributed by atoms with Crippen LogP contribution in [0, 0.1) is 12.3 Å². The Kier molecular flexibility index (Phi) is 6.56. The Labute approximate surface area is 173 Å². The van der Waals surface area contributed by atoms with Crippen molar-refractivity contribution in [3.63, 3.8) is 0 Å². The first-order valence-corrected chi connectivity index (χ1v) is 9.82. The summed E-state index contributed by atoms with van der Waals surface area (Å²) in [6, 6.07) is 12.7. The normalized spacial score (nSPS) is 14.6. The van der Waals surface area contributed by atoms with Gasteiger partial charge in [0.15, 0.2) is 23.3 Å². The smallest absolute Gasteiger partial charge is 0.264 e. The summed E-state index contributed by atoms with van der Waals surface area (Å²) in [4.78, 5) is 24.4. The topological polar surface area (TPSA) is 101 Å². The molecule has 2 amide bonds. The minimum absolute atomic E-state index is 0.103. The van der Waals surface area contributed by atoms with Gasteiger partial charge in [-0.1, -0.05) is 18.2 Å². The third-order valence-corrected chi connectivity index (χ3v) is 4.72. The molecule has 0 spiro atoms. The van der Waals surface area contributed by atoms with Crippen LogP contribution in [0.1, 0.15) is 18.1 Å². The van der Waals surface area contributed by atoms with E-state index in [0.29, 0.717) is 28.7 Å². The lowest BCUT2D eigenvalue weighted by atomic mass is 10.2. The Morgan fingerprint density at radius 3 is 2.72 bits per heavy atom. The average molecular weight is 411 g/mol. The van der Waals surface area contributed by atoms with Crippen LogP contribution in [0.3, 0.4) is 0 Å². The third kappa shape index (κ3) is 5.61. The van der Waals surface area contributed by atoms with Crippen LogP contribution in [0.5, 0.6) is 11.5 Å². The number of nitrogens with one attached hydrogen (secondary N) is 3. The summed E-state index contributed by atoms with van der Waals surface area (Å²) in [5.74, 6) is 0.334. The molecule has 1 heterocycles. The molecule has 0 aromatic heterocycles. The summed E-state index contributed by atoms with van der Waals surface area (Å²) >= 11 is 1.07. The molecule has 0 saturated carbocycles. The number of carbonyl (C=O) groups excluding carboxylic acids is 2. The fourth-order valence-corrected chi connectivity index (χ4v) is 3.36. The van der Waals surface area contributed by atoms with E-state index in [0.717, 1.165) is 22.9 Å². The van der Waals surface area contributed by atoms with Crippen molar-refractivity contribution in [3.8, 4) is 11.5 Å². The summed E-state index contributed by atoms with van der Waals surface area (Å²) < 4.78 is 11.3. The average Bonchev–Trinajstić information content (AvgIpc) is 2.98. The molecule has 1 fully saturated rings. The van der Waals surface area contributed by atoms with E-state index < -0.39 is 0 Å². The van der Waals surface area contributed by atoms with Gasteiger partial charge in [0.25, 0.3) is 11.8 Å². The standard InChI is InChI=1S/C21H21N3O4S/c1-3-27-17-10-14(11-18-20(26)24-21(22)29-18)7-8-16(17)28-12-19(25)23-15-6-4-5-13(2)9-15/h4-11H,3,12H2,1-2H3,(H,23,25)(H2,22,24,26)/b18-11-. The lowest BCUT2D eigenvalue weighted by molar-refractivity contribution is -0.118. The van der Waals surface area contributed by atoms with Gasteiger partial charge in [-0.25, -0.2) is 0 Å². The van der Waals surface area contributed by atoms with Gasteiger partial charge < -0.3 is 20.1 Å². The van der Waals surface area contributed by atoms with Crippen LogP contribution in [-0.4, -0.2) is 30.2 Å². The highest BCUT2D eigenvalue weighted by molar-refractivity contribution is 8.18.